The Morgan fingerprint density at radius 1 is 1.43 bits per heavy atom. The summed E-state index contributed by atoms with van der Waals surface area (Å²) >= 11 is 5.16. The van der Waals surface area contributed by atoms with E-state index in [0.29, 0.717) is 11.2 Å². The van der Waals surface area contributed by atoms with Crippen molar-refractivity contribution in [1.29, 1.82) is 0 Å². The van der Waals surface area contributed by atoms with E-state index in [0.717, 1.165) is 0 Å². The average Bonchev–Trinajstić information content (AvgIpc) is 2.89. The number of nitrogens with two attached hydrogens (primary N) is 1. The van der Waals surface area contributed by atoms with Crippen LogP contribution in [0.15, 0.2) is 11.4 Å². The summed E-state index contributed by atoms with van der Waals surface area (Å²) in [6, 6.07) is 0. The molecule has 114 valence electrons. The third kappa shape index (κ3) is 2.12. The summed E-state index contributed by atoms with van der Waals surface area (Å²) in [5.41, 5.74) is 6.57. The van der Waals surface area contributed by atoms with E-state index in [9.17, 15) is 10.2 Å². The second-order valence-corrected chi connectivity index (χ2v) is 5.31. The number of aryl methyl sites for hydroxylation is 1. The molecule has 1 fully saturated rings. The van der Waals surface area contributed by atoms with Crippen LogP contribution in [0.1, 0.15) is 6.23 Å². The summed E-state index contributed by atoms with van der Waals surface area (Å²) in [6.45, 7) is -0.399. The van der Waals surface area contributed by atoms with Crippen molar-refractivity contribution in [1.82, 2.24) is 14.5 Å². The van der Waals surface area contributed by atoms with Crippen molar-refractivity contribution in [3.8, 4) is 0 Å². The number of hydrogen-bond donors (Lipinski definition) is 4. The maximum atomic E-state index is 10.1. The monoisotopic (exact) mass is 313 g/mol. The van der Waals surface area contributed by atoms with Crippen LogP contribution in [-0.4, -0.2) is 54.8 Å². The molecule has 0 spiro atoms. The normalized spacial score (nSPS) is 29.3. The molecule has 0 saturated carbocycles. The van der Waals surface area contributed by atoms with E-state index in [-0.39, 0.29) is 11.0 Å². The fourth-order valence-electron chi connectivity index (χ4n) is 2.52. The SMILES string of the molecule is Cn1c[n+]([C@@H]2O[C@H](CO)C(O)[C@@H]2O)c2nc(N)nc([S-])c21. The smallest absolute Gasteiger partial charge is 0.308 e. The van der Waals surface area contributed by atoms with E-state index in [4.69, 9.17) is 28.2 Å². The molecule has 10 heteroatoms. The summed E-state index contributed by atoms with van der Waals surface area (Å²) in [7, 11) is 1.75. The van der Waals surface area contributed by atoms with Gasteiger partial charge in [0.25, 0.3) is 5.95 Å². The third-order valence-corrected chi connectivity index (χ3v) is 3.82. The Morgan fingerprint density at radius 2 is 2.14 bits per heavy atom. The number of nitrogens with zero attached hydrogens (tertiary/aromatic N) is 4. The quantitative estimate of drug-likeness (QED) is 0.269. The Morgan fingerprint density at radius 3 is 2.76 bits per heavy atom. The van der Waals surface area contributed by atoms with Crippen LogP contribution in [0.25, 0.3) is 11.2 Å². The zero-order chi connectivity index (χ0) is 15.3. The first-order chi connectivity index (χ1) is 9.93. The number of fused-ring (bicyclic) bond motifs is 1. The van der Waals surface area contributed by atoms with Gasteiger partial charge in [-0.15, -0.1) is 0 Å². The van der Waals surface area contributed by atoms with Gasteiger partial charge in [-0.05, 0) is 5.03 Å². The van der Waals surface area contributed by atoms with Gasteiger partial charge in [0, 0.05) is 0 Å². The Balaban J connectivity index is 2.13. The van der Waals surface area contributed by atoms with Gasteiger partial charge < -0.3 is 38.4 Å². The van der Waals surface area contributed by atoms with Crippen LogP contribution in [0.3, 0.4) is 0 Å². The molecular weight excluding hydrogens is 298 g/mol. The molecule has 0 aromatic carbocycles. The van der Waals surface area contributed by atoms with E-state index >= 15 is 0 Å². The fraction of sp³-hybridized carbons (Fsp3) is 0.545. The molecule has 21 heavy (non-hydrogen) atoms. The molecule has 0 aliphatic carbocycles. The largest absolute Gasteiger partial charge is 0.756 e. The van der Waals surface area contributed by atoms with Crippen molar-refractivity contribution in [3.63, 3.8) is 0 Å². The molecule has 2 aromatic heterocycles. The molecule has 1 aliphatic heterocycles. The second kappa shape index (κ2) is 5.00. The Bertz CT molecular complexity index is 693. The second-order valence-electron chi connectivity index (χ2n) is 4.92. The van der Waals surface area contributed by atoms with E-state index in [2.05, 4.69) is 9.97 Å². The number of nitrogen functional groups attached to an aromatic ring is 1. The lowest BCUT2D eigenvalue weighted by molar-refractivity contribution is -0.745. The molecule has 1 unspecified atom stereocenters. The van der Waals surface area contributed by atoms with Crippen molar-refractivity contribution in [2.75, 3.05) is 12.3 Å². The minimum absolute atomic E-state index is 0.0131. The number of anilines is 1. The number of hydrogen-bond acceptors (Lipinski definition) is 8. The van der Waals surface area contributed by atoms with Crippen LogP contribution in [0.2, 0.25) is 0 Å². The van der Waals surface area contributed by atoms with Gasteiger partial charge in [-0.25, -0.2) is 9.55 Å². The van der Waals surface area contributed by atoms with Crippen molar-refractivity contribution >= 4 is 29.7 Å². The molecule has 3 rings (SSSR count). The number of ether oxygens (including phenoxy) is 1. The Kier molecular flexibility index (Phi) is 3.42. The predicted octanol–water partition coefficient (Wildman–Crippen LogP) is -2.64. The number of aliphatic hydroxyl groups excluding tert-OH is 3. The molecule has 0 amide bonds. The lowest BCUT2D eigenvalue weighted by Gasteiger charge is -2.12. The average molecular weight is 313 g/mol. The first-order valence-electron chi connectivity index (χ1n) is 6.27. The number of aliphatic hydroxyl groups is 3. The number of imidazole rings is 1. The van der Waals surface area contributed by atoms with E-state index < -0.39 is 31.1 Å². The van der Waals surface area contributed by atoms with Crippen molar-refractivity contribution in [2.24, 2.45) is 7.05 Å². The van der Waals surface area contributed by atoms with Crippen LogP contribution in [0, 0.1) is 0 Å². The molecule has 3 heterocycles. The molecule has 9 nitrogen and oxygen atoms in total. The van der Waals surface area contributed by atoms with Crippen LogP contribution < -0.4 is 10.3 Å². The molecule has 0 bridgehead atoms. The Hall–Kier alpha value is -1.59. The highest BCUT2D eigenvalue weighted by molar-refractivity contribution is 7.59. The standard InChI is InChI=1S/C11H15N5O4S/c1-15-3-16(8-5(15)9(21)14-11(12)13-8)10-7(19)6(18)4(2-17)20-10/h3-4,6-7,10,17-19H,2H2,1H3,(H2-,12,13,14,21)/t4-,6?,7+,10-/m1/s1. The third-order valence-electron chi connectivity index (χ3n) is 3.54. The first kappa shape index (κ1) is 14.4. The Labute approximate surface area is 125 Å². The zero-order valence-corrected chi connectivity index (χ0v) is 11.9. The van der Waals surface area contributed by atoms with E-state index in [1.165, 1.54) is 4.57 Å². The lowest BCUT2D eigenvalue weighted by Crippen LogP contribution is -2.46. The topological polar surface area (TPSA) is 131 Å². The molecule has 1 saturated heterocycles. The highest BCUT2D eigenvalue weighted by Crippen LogP contribution is 2.27. The van der Waals surface area contributed by atoms with Gasteiger partial charge in [-0.3, -0.25) is 4.57 Å². The highest BCUT2D eigenvalue weighted by Gasteiger charge is 2.46. The molecule has 5 N–H and O–H groups in total. The molecule has 2 aromatic rings. The number of rotatable bonds is 2. The lowest BCUT2D eigenvalue weighted by atomic mass is 10.1. The van der Waals surface area contributed by atoms with Gasteiger partial charge in [0.1, 0.15) is 18.3 Å². The fourth-order valence-corrected chi connectivity index (χ4v) is 2.85. The minimum Gasteiger partial charge on any atom is -0.756 e. The van der Waals surface area contributed by atoms with Crippen LogP contribution in [0.4, 0.5) is 5.95 Å². The summed E-state index contributed by atoms with van der Waals surface area (Å²) in [5, 5.41) is 29.4. The van der Waals surface area contributed by atoms with E-state index in [1.54, 1.807) is 17.9 Å². The van der Waals surface area contributed by atoms with Gasteiger partial charge in [0.15, 0.2) is 11.8 Å². The van der Waals surface area contributed by atoms with Crippen molar-refractivity contribution < 1.29 is 24.6 Å². The van der Waals surface area contributed by atoms with Gasteiger partial charge in [0.2, 0.25) is 6.23 Å². The van der Waals surface area contributed by atoms with Gasteiger partial charge in [-0.2, -0.15) is 0 Å². The van der Waals surface area contributed by atoms with E-state index in [1.807, 2.05) is 0 Å². The van der Waals surface area contributed by atoms with Gasteiger partial charge in [-0.1, -0.05) is 4.98 Å². The summed E-state index contributed by atoms with van der Waals surface area (Å²) in [4.78, 5) is 8.04. The molecule has 0 radical (unpaired) electrons. The number of aromatic nitrogens is 4. The van der Waals surface area contributed by atoms with Gasteiger partial charge in [0.05, 0.1) is 13.7 Å². The zero-order valence-electron chi connectivity index (χ0n) is 11.1. The minimum atomic E-state index is -1.21. The summed E-state index contributed by atoms with van der Waals surface area (Å²) in [6.07, 6.45) is -2.54. The maximum absolute atomic E-state index is 10.1. The van der Waals surface area contributed by atoms with Gasteiger partial charge >= 0.3 is 5.65 Å². The molecule has 4 atom stereocenters. The first-order valence-corrected chi connectivity index (χ1v) is 6.68. The van der Waals surface area contributed by atoms with Crippen molar-refractivity contribution in [3.05, 3.63) is 6.33 Å². The summed E-state index contributed by atoms with van der Waals surface area (Å²) < 4.78 is 8.69. The van der Waals surface area contributed by atoms with Crippen LogP contribution in [-0.2, 0) is 24.4 Å². The van der Waals surface area contributed by atoms with Crippen LogP contribution >= 0.6 is 0 Å². The summed E-state index contributed by atoms with van der Waals surface area (Å²) in [5.74, 6) is 0.0131. The molecular formula is C11H15N5O4S. The van der Waals surface area contributed by atoms with Crippen LogP contribution in [0.5, 0.6) is 0 Å². The predicted molar refractivity (Wildman–Crippen MR) is 71.8 cm³/mol. The van der Waals surface area contributed by atoms with Crippen molar-refractivity contribution in [2.45, 2.75) is 29.6 Å². The molecule has 1 aliphatic rings. The maximum Gasteiger partial charge on any atom is 0.308 e. The highest BCUT2D eigenvalue weighted by atomic mass is 32.1.